The zero-order valence-corrected chi connectivity index (χ0v) is 13.7. The number of nitrogens with one attached hydrogen (secondary N) is 2. The molecule has 3 rings (SSSR count). The Hall–Kier alpha value is -2.12. The topological polar surface area (TPSA) is 90.9 Å². The Bertz CT molecular complexity index is 622. The van der Waals surface area contributed by atoms with E-state index in [4.69, 9.17) is 4.74 Å². The fourth-order valence-electron chi connectivity index (χ4n) is 3.06. The summed E-state index contributed by atoms with van der Waals surface area (Å²) in [7, 11) is 0. The smallest absolute Gasteiger partial charge is 0.267 e. The maximum atomic E-state index is 12.3. The van der Waals surface area contributed by atoms with Crippen molar-refractivity contribution in [2.24, 2.45) is 5.92 Å². The molecule has 7 nitrogen and oxygen atoms in total. The number of aliphatic hydroxyl groups excluding tert-OH is 1. The van der Waals surface area contributed by atoms with Crippen molar-refractivity contribution >= 4 is 17.5 Å². The minimum absolute atomic E-state index is 0.0414. The minimum atomic E-state index is -0.553. The van der Waals surface area contributed by atoms with Gasteiger partial charge in [-0.1, -0.05) is 12.1 Å². The van der Waals surface area contributed by atoms with Gasteiger partial charge in [-0.15, -0.1) is 0 Å². The Labute approximate surface area is 141 Å². The van der Waals surface area contributed by atoms with Crippen LogP contribution in [0.5, 0.6) is 5.75 Å². The molecule has 0 bridgehead atoms. The number of hydrogen-bond acceptors (Lipinski definition) is 5. The van der Waals surface area contributed by atoms with Crippen molar-refractivity contribution in [1.29, 1.82) is 0 Å². The number of carbonyl (C=O) groups is 2. The van der Waals surface area contributed by atoms with Crippen molar-refractivity contribution in [2.45, 2.75) is 25.6 Å². The average Bonchev–Trinajstić information content (AvgIpc) is 2.98. The monoisotopic (exact) mass is 333 g/mol. The third kappa shape index (κ3) is 3.52. The standard InChI is InChI=1S/C17H23N3O4/c1-11-17(23)20(13-4-2-3-5-15(13)24-11)7-6-16(22)19-9-12-8-18-10-14(12)21/h2-5,11-12,14,18,21H,6-10H2,1H3,(H,19,22). The number of anilines is 1. The zero-order chi connectivity index (χ0) is 17.1. The number of β-amino-alcohol motifs (C(OH)–C–C–N with tert-alkyl or cyclic N) is 1. The van der Waals surface area contributed by atoms with E-state index in [0.717, 1.165) is 0 Å². The van der Waals surface area contributed by atoms with E-state index in [1.54, 1.807) is 11.8 Å². The number of rotatable bonds is 5. The molecule has 0 aliphatic carbocycles. The van der Waals surface area contributed by atoms with E-state index in [-0.39, 0.29) is 24.2 Å². The third-order valence-corrected chi connectivity index (χ3v) is 4.50. The molecule has 3 atom stereocenters. The van der Waals surface area contributed by atoms with Crippen LogP contribution >= 0.6 is 0 Å². The summed E-state index contributed by atoms with van der Waals surface area (Å²) in [4.78, 5) is 26.0. The zero-order valence-electron chi connectivity index (χ0n) is 13.7. The number of carbonyl (C=O) groups excluding carboxylic acids is 2. The van der Waals surface area contributed by atoms with Gasteiger partial charge < -0.3 is 25.4 Å². The van der Waals surface area contributed by atoms with Gasteiger partial charge in [0, 0.05) is 38.5 Å². The second-order valence-corrected chi connectivity index (χ2v) is 6.26. The predicted molar refractivity (Wildman–Crippen MR) is 88.9 cm³/mol. The number of fused-ring (bicyclic) bond motifs is 1. The van der Waals surface area contributed by atoms with Crippen molar-refractivity contribution in [3.05, 3.63) is 24.3 Å². The number of hydrogen-bond donors (Lipinski definition) is 3. The second-order valence-electron chi connectivity index (χ2n) is 6.26. The number of amides is 2. The second kappa shape index (κ2) is 7.19. The summed E-state index contributed by atoms with van der Waals surface area (Å²) in [6.07, 6.45) is -0.759. The summed E-state index contributed by atoms with van der Waals surface area (Å²) >= 11 is 0. The van der Waals surface area contributed by atoms with Gasteiger partial charge in [0.05, 0.1) is 11.8 Å². The molecular weight excluding hydrogens is 310 g/mol. The predicted octanol–water partition coefficient (Wildman–Crippen LogP) is -0.113. The molecule has 0 spiro atoms. The highest BCUT2D eigenvalue weighted by Crippen LogP contribution is 2.33. The highest BCUT2D eigenvalue weighted by atomic mass is 16.5. The lowest BCUT2D eigenvalue weighted by Crippen LogP contribution is -2.46. The number of ether oxygens (including phenoxy) is 1. The Kier molecular flexibility index (Phi) is 5.01. The molecule has 2 aliphatic rings. The fourth-order valence-corrected chi connectivity index (χ4v) is 3.06. The van der Waals surface area contributed by atoms with Gasteiger partial charge in [-0.25, -0.2) is 0 Å². The van der Waals surface area contributed by atoms with Crippen LogP contribution in [-0.2, 0) is 9.59 Å². The van der Waals surface area contributed by atoms with Crippen LogP contribution in [0.3, 0.4) is 0 Å². The van der Waals surface area contributed by atoms with Crippen LogP contribution in [0.4, 0.5) is 5.69 Å². The van der Waals surface area contributed by atoms with Crippen molar-refractivity contribution in [3.63, 3.8) is 0 Å². The largest absolute Gasteiger partial charge is 0.479 e. The molecule has 0 aromatic heterocycles. The van der Waals surface area contributed by atoms with Crippen LogP contribution < -0.4 is 20.3 Å². The van der Waals surface area contributed by atoms with Crippen LogP contribution in [0.2, 0.25) is 0 Å². The van der Waals surface area contributed by atoms with Crippen molar-refractivity contribution in [1.82, 2.24) is 10.6 Å². The van der Waals surface area contributed by atoms with Crippen molar-refractivity contribution < 1.29 is 19.4 Å². The fraction of sp³-hybridized carbons (Fsp3) is 0.529. The lowest BCUT2D eigenvalue weighted by molar-refractivity contribution is -0.125. The number of aliphatic hydroxyl groups is 1. The molecule has 7 heteroatoms. The molecule has 1 aromatic carbocycles. The van der Waals surface area contributed by atoms with E-state index in [2.05, 4.69) is 10.6 Å². The molecule has 3 unspecified atom stereocenters. The van der Waals surface area contributed by atoms with Gasteiger partial charge in [0.2, 0.25) is 5.91 Å². The van der Waals surface area contributed by atoms with Gasteiger partial charge in [0.25, 0.3) is 5.91 Å². The molecule has 2 aliphatic heterocycles. The Balaban J connectivity index is 1.55. The average molecular weight is 333 g/mol. The lowest BCUT2D eigenvalue weighted by Gasteiger charge is -2.32. The third-order valence-electron chi connectivity index (χ3n) is 4.50. The molecule has 24 heavy (non-hydrogen) atoms. The molecular formula is C17H23N3O4. The van der Waals surface area contributed by atoms with Crippen LogP contribution in [-0.4, -0.2) is 55.3 Å². The Morgan fingerprint density at radius 2 is 2.21 bits per heavy atom. The summed E-state index contributed by atoms with van der Waals surface area (Å²) in [5.41, 5.74) is 0.698. The molecule has 3 N–H and O–H groups in total. The molecule has 1 fully saturated rings. The molecule has 2 amide bonds. The van der Waals surface area contributed by atoms with E-state index < -0.39 is 12.2 Å². The minimum Gasteiger partial charge on any atom is -0.479 e. The maximum Gasteiger partial charge on any atom is 0.267 e. The quantitative estimate of drug-likeness (QED) is 0.699. The maximum absolute atomic E-state index is 12.3. The Morgan fingerprint density at radius 1 is 1.42 bits per heavy atom. The summed E-state index contributed by atoms with van der Waals surface area (Å²) in [5, 5.41) is 15.6. The van der Waals surface area contributed by atoms with Crippen LogP contribution in [0.25, 0.3) is 0 Å². The van der Waals surface area contributed by atoms with Crippen LogP contribution in [0.1, 0.15) is 13.3 Å². The highest BCUT2D eigenvalue weighted by molar-refractivity contribution is 6.00. The van der Waals surface area contributed by atoms with E-state index in [0.29, 0.717) is 37.6 Å². The lowest BCUT2D eigenvalue weighted by atomic mass is 10.1. The molecule has 0 saturated carbocycles. The molecule has 1 saturated heterocycles. The SMILES string of the molecule is CC1Oc2ccccc2N(CCC(=O)NCC2CNCC2O)C1=O. The van der Waals surface area contributed by atoms with Crippen LogP contribution in [0.15, 0.2) is 24.3 Å². The summed E-state index contributed by atoms with van der Waals surface area (Å²) in [6, 6.07) is 7.33. The summed E-state index contributed by atoms with van der Waals surface area (Å²) in [6.45, 7) is 3.73. The van der Waals surface area contributed by atoms with Gasteiger partial charge in [0.15, 0.2) is 6.10 Å². The van der Waals surface area contributed by atoms with Crippen LogP contribution in [0, 0.1) is 5.92 Å². The van der Waals surface area contributed by atoms with Gasteiger partial charge in [-0.2, -0.15) is 0 Å². The van der Waals surface area contributed by atoms with Gasteiger partial charge >= 0.3 is 0 Å². The number of nitrogens with zero attached hydrogens (tertiary/aromatic N) is 1. The molecule has 2 heterocycles. The van der Waals surface area contributed by atoms with Gasteiger partial charge in [-0.3, -0.25) is 9.59 Å². The molecule has 130 valence electrons. The molecule has 0 radical (unpaired) electrons. The summed E-state index contributed by atoms with van der Waals surface area (Å²) in [5.74, 6) is 0.431. The first-order valence-electron chi connectivity index (χ1n) is 8.29. The molecule has 1 aromatic rings. The van der Waals surface area contributed by atoms with E-state index in [1.807, 2.05) is 24.3 Å². The van der Waals surface area contributed by atoms with E-state index in [9.17, 15) is 14.7 Å². The normalized spacial score (nSPS) is 26.0. The number of benzene rings is 1. The van der Waals surface area contributed by atoms with Gasteiger partial charge in [0.1, 0.15) is 5.75 Å². The number of para-hydroxylation sites is 2. The first-order chi connectivity index (χ1) is 11.6. The first kappa shape index (κ1) is 16.7. The highest BCUT2D eigenvalue weighted by Gasteiger charge is 2.31. The van der Waals surface area contributed by atoms with E-state index in [1.165, 1.54) is 0 Å². The van der Waals surface area contributed by atoms with Gasteiger partial charge in [-0.05, 0) is 19.1 Å². The van der Waals surface area contributed by atoms with Crippen molar-refractivity contribution in [2.75, 3.05) is 31.1 Å². The summed E-state index contributed by atoms with van der Waals surface area (Å²) < 4.78 is 5.58. The Morgan fingerprint density at radius 3 is 2.96 bits per heavy atom. The van der Waals surface area contributed by atoms with Crippen molar-refractivity contribution in [3.8, 4) is 5.75 Å². The first-order valence-corrected chi connectivity index (χ1v) is 8.29. The van der Waals surface area contributed by atoms with E-state index >= 15 is 0 Å².